The molecule has 0 aliphatic heterocycles. The largest absolute Gasteiger partial charge is 0.474 e. The monoisotopic (exact) mass is 207 g/mol. The third-order valence-electron chi connectivity index (χ3n) is 1.68. The summed E-state index contributed by atoms with van der Waals surface area (Å²) < 4.78 is 10.4. The van der Waals surface area contributed by atoms with Gasteiger partial charge >= 0.3 is 0 Å². The van der Waals surface area contributed by atoms with Crippen molar-refractivity contribution in [2.24, 2.45) is 0 Å². The molecule has 0 amide bonds. The molecule has 1 aromatic heterocycles. The molecule has 0 aliphatic carbocycles. The van der Waals surface area contributed by atoms with Crippen LogP contribution in [0.3, 0.4) is 0 Å². The normalized spacial score (nSPS) is 9.60. The summed E-state index contributed by atoms with van der Waals surface area (Å²) >= 11 is 0. The number of pyridine rings is 1. The second-order valence-corrected chi connectivity index (χ2v) is 2.78. The molecule has 0 bridgehead atoms. The lowest BCUT2D eigenvalue weighted by Gasteiger charge is -2.07. The Hall–Kier alpha value is -1.80. The summed E-state index contributed by atoms with van der Waals surface area (Å²) in [5, 5.41) is 8.59. The minimum Gasteiger partial charge on any atom is -0.474 e. The summed E-state index contributed by atoms with van der Waals surface area (Å²) in [5.41, 5.74) is 6.42. The number of hydrogen-bond acceptors (Lipinski definition) is 5. The maximum absolute atomic E-state index is 8.59. The van der Waals surface area contributed by atoms with Crippen LogP contribution in [0.5, 0.6) is 5.88 Å². The van der Waals surface area contributed by atoms with E-state index in [1.165, 1.54) is 12.3 Å². The number of nitrogen functional groups attached to an aromatic ring is 1. The molecule has 0 radical (unpaired) electrons. The summed E-state index contributed by atoms with van der Waals surface area (Å²) in [7, 11) is 0. The van der Waals surface area contributed by atoms with Crippen LogP contribution in [0.1, 0.15) is 12.5 Å². The Labute approximate surface area is 88.4 Å². The third kappa shape index (κ3) is 3.44. The van der Waals surface area contributed by atoms with Crippen LogP contribution in [0.4, 0.5) is 5.69 Å². The number of nitrogens with two attached hydrogens (primary N) is 1. The molecule has 0 saturated carbocycles. The molecule has 5 nitrogen and oxygen atoms in total. The molecule has 1 heterocycles. The van der Waals surface area contributed by atoms with Gasteiger partial charge in [-0.25, -0.2) is 4.98 Å². The van der Waals surface area contributed by atoms with Crippen LogP contribution in [0.15, 0.2) is 12.3 Å². The first-order valence-electron chi connectivity index (χ1n) is 4.64. The summed E-state index contributed by atoms with van der Waals surface area (Å²) in [6.07, 6.45) is 1.42. The van der Waals surface area contributed by atoms with Gasteiger partial charge in [0.2, 0.25) is 5.88 Å². The number of hydrogen-bond donors (Lipinski definition) is 1. The fourth-order valence-electron chi connectivity index (χ4n) is 0.993. The molecule has 1 aromatic rings. The molecule has 0 saturated heterocycles. The van der Waals surface area contributed by atoms with E-state index in [-0.39, 0.29) is 0 Å². The Morgan fingerprint density at radius 2 is 2.33 bits per heavy atom. The van der Waals surface area contributed by atoms with Crippen LogP contribution >= 0.6 is 0 Å². The van der Waals surface area contributed by atoms with Crippen molar-refractivity contribution in [2.75, 3.05) is 25.6 Å². The van der Waals surface area contributed by atoms with Crippen molar-refractivity contribution in [1.82, 2.24) is 4.98 Å². The van der Waals surface area contributed by atoms with Crippen LogP contribution in [-0.4, -0.2) is 24.8 Å². The standard InChI is InChI=1S/C10H13N3O2/c1-2-14-3-4-15-10-9(12)5-8(6-11)7-13-10/h5,7H,2-4,12H2,1H3. The van der Waals surface area contributed by atoms with Crippen molar-refractivity contribution in [2.45, 2.75) is 6.92 Å². The zero-order valence-electron chi connectivity index (χ0n) is 8.56. The van der Waals surface area contributed by atoms with E-state index in [2.05, 4.69) is 4.98 Å². The van der Waals surface area contributed by atoms with Crippen molar-refractivity contribution < 1.29 is 9.47 Å². The summed E-state index contributed by atoms with van der Waals surface area (Å²) in [4.78, 5) is 3.92. The van der Waals surface area contributed by atoms with Crippen molar-refractivity contribution in [3.63, 3.8) is 0 Å². The number of aromatic nitrogens is 1. The van der Waals surface area contributed by atoms with E-state index in [0.717, 1.165) is 0 Å². The second-order valence-electron chi connectivity index (χ2n) is 2.78. The molecular formula is C10H13N3O2. The molecule has 1 rings (SSSR count). The van der Waals surface area contributed by atoms with Gasteiger partial charge in [-0.15, -0.1) is 0 Å². The average Bonchev–Trinajstić information content (AvgIpc) is 2.26. The van der Waals surface area contributed by atoms with Crippen molar-refractivity contribution in [3.8, 4) is 11.9 Å². The highest BCUT2D eigenvalue weighted by molar-refractivity contribution is 5.51. The van der Waals surface area contributed by atoms with Gasteiger partial charge in [-0.3, -0.25) is 0 Å². The minimum atomic E-state index is 0.341. The molecule has 80 valence electrons. The van der Waals surface area contributed by atoms with Gasteiger partial charge < -0.3 is 15.2 Å². The number of nitriles is 1. The summed E-state index contributed by atoms with van der Waals surface area (Å²) in [6, 6.07) is 3.48. The van der Waals surface area contributed by atoms with Gasteiger partial charge in [0.25, 0.3) is 0 Å². The molecule has 0 fully saturated rings. The highest BCUT2D eigenvalue weighted by Gasteiger charge is 2.02. The van der Waals surface area contributed by atoms with Crippen LogP contribution < -0.4 is 10.5 Å². The molecule has 0 aromatic carbocycles. The minimum absolute atomic E-state index is 0.341. The fraction of sp³-hybridized carbons (Fsp3) is 0.400. The second kappa shape index (κ2) is 5.83. The van der Waals surface area contributed by atoms with Gasteiger partial charge in [0.15, 0.2) is 0 Å². The maximum atomic E-state index is 8.59. The first kappa shape index (κ1) is 11.3. The lowest BCUT2D eigenvalue weighted by molar-refractivity contribution is 0.109. The lowest BCUT2D eigenvalue weighted by Crippen LogP contribution is -2.08. The highest BCUT2D eigenvalue weighted by atomic mass is 16.5. The predicted octanol–water partition coefficient (Wildman–Crippen LogP) is 0.951. The molecule has 2 N–H and O–H groups in total. The van der Waals surface area contributed by atoms with Crippen LogP contribution in [-0.2, 0) is 4.74 Å². The zero-order valence-corrected chi connectivity index (χ0v) is 8.56. The summed E-state index contributed by atoms with van der Waals surface area (Å²) in [5.74, 6) is 0.341. The van der Waals surface area contributed by atoms with Gasteiger partial charge in [0.05, 0.1) is 17.9 Å². The average molecular weight is 207 g/mol. The van der Waals surface area contributed by atoms with E-state index >= 15 is 0 Å². The van der Waals surface area contributed by atoms with E-state index in [4.69, 9.17) is 20.5 Å². The van der Waals surface area contributed by atoms with E-state index in [1.807, 2.05) is 13.0 Å². The molecular weight excluding hydrogens is 194 g/mol. The fourth-order valence-corrected chi connectivity index (χ4v) is 0.993. The van der Waals surface area contributed by atoms with Crippen molar-refractivity contribution in [3.05, 3.63) is 17.8 Å². The smallest absolute Gasteiger partial charge is 0.237 e. The maximum Gasteiger partial charge on any atom is 0.237 e. The molecule has 15 heavy (non-hydrogen) atoms. The van der Waals surface area contributed by atoms with Gasteiger partial charge in [0.1, 0.15) is 12.7 Å². The number of nitrogens with zero attached hydrogens (tertiary/aromatic N) is 2. The van der Waals surface area contributed by atoms with E-state index in [9.17, 15) is 0 Å². The Bertz CT molecular complexity index is 360. The van der Waals surface area contributed by atoms with Crippen LogP contribution in [0.25, 0.3) is 0 Å². The van der Waals surface area contributed by atoms with E-state index < -0.39 is 0 Å². The predicted molar refractivity (Wildman–Crippen MR) is 55.4 cm³/mol. The van der Waals surface area contributed by atoms with Gasteiger partial charge in [-0.2, -0.15) is 5.26 Å². The summed E-state index contributed by atoms with van der Waals surface area (Å²) in [6.45, 7) is 3.46. The first-order valence-corrected chi connectivity index (χ1v) is 4.64. The quantitative estimate of drug-likeness (QED) is 0.727. The zero-order chi connectivity index (χ0) is 11.1. The Balaban J connectivity index is 2.52. The third-order valence-corrected chi connectivity index (χ3v) is 1.68. The van der Waals surface area contributed by atoms with Crippen molar-refractivity contribution >= 4 is 5.69 Å². The molecule has 5 heteroatoms. The first-order chi connectivity index (χ1) is 7.27. The number of ether oxygens (including phenoxy) is 2. The van der Waals surface area contributed by atoms with Gasteiger partial charge in [0, 0.05) is 12.8 Å². The molecule has 0 unspecified atom stereocenters. The SMILES string of the molecule is CCOCCOc1ncc(C#N)cc1N. The van der Waals surface area contributed by atoms with Gasteiger partial charge in [-0.05, 0) is 13.0 Å². The molecule has 0 spiro atoms. The number of rotatable bonds is 5. The van der Waals surface area contributed by atoms with Crippen molar-refractivity contribution in [1.29, 1.82) is 5.26 Å². The van der Waals surface area contributed by atoms with Gasteiger partial charge in [-0.1, -0.05) is 0 Å². The lowest BCUT2D eigenvalue weighted by atomic mass is 10.3. The van der Waals surface area contributed by atoms with E-state index in [0.29, 0.717) is 37.0 Å². The van der Waals surface area contributed by atoms with Crippen LogP contribution in [0, 0.1) is 11.3 Å². The topological polar surface area (TPSA) is 81.2 Å². The Kier molecular flexibility index (Phi) is 4.38. The molecule has 0 aliphatic rings. The Morgan fingerprint density at radius 3 is 2.93 bits per heavy atom. The molecule has 0 atom stereocenters. The van der Waals surface area contributed by atoms with Crippen LogP contribution in [0.2, 0.25) is 0 Å². The number of anilines is 1. The Morgan fingerprint density at radius 1 is 1.53 bits per heavy atom. The van der Waals surface area contributed by atoms with E-state index in [1.54, 1.807) is 0 Å². The highest BCUT2D eigenvalue weighted by Crippen LogP contribution is 2.18.